The summed E-state index contributed by atoms with van der Waals surface area (Å²) in [5.74, 6) is 0.524. The van der Waals surface area contributed by atoms with E-state index in [2.05, 4.69) is 22.5 Å². The summed E-state index contributed by atoms with van der Waals surface area (Å²) >= 11 is 0. The van der Waals surface area contributed by atoms with E-state index in [-0.39, 0.29) is 11.9 Å². The minimum Gasteiger partial charge on any atom is -0.446 e. The number of carbonyl (C=O) groups excluding carboxylic acids is 1. The molecule has 160 valence electrons. The Morgan fingerprint density at radius 3 is 2.21 bits per heavy atom. The quantitative estimate of drug-likeness (QED) is 0.343. The molecule has 2 rings (SSSR count). The van der Waals surface area contributed by atoms with Crippen molar-refractivity contribution in [3.8, 4) is 0 Å². The first-order valence-corrected chi connectivity index (χ1v) is 11.8. The van der Waals surface area contributed by atoms with E-state index in [9.17, 15) is 4.79 Å². The normalized spacial score (nSPS) is 16.5. The molecule has 1 aliphatic rings. The van der Waals surface area contributed by atoms with Gasteiger partial charge in [0.15, 0.2) is 5.69 Å². The van der Waals surface area contributed by atoms with E-state index >= 15 is 0 Å². The van der Waals surface area contributed by atoms with E-state index in [4.69, 9.17) is 4.42 Å². The van der Waals surface area contributed by atoms with Crippen LogP contribution in [0.2, 0.25) is 0 Å². The Morgan fingerprint density at radius 2 is 1.64 bits per heavy atom. The minimum atomic E-state index is -0.119. The number of oxazole rings is 1. The SMILES string of the molecule is CCCCCCCCCCCCCCCNC(=O)c1coc(C2CCCN2)n1. The maximum absolute atomic E-state index is 12.1. The number of nitrogens with zero attached hydrogens (tertiary/aromatic N) is 1. The third-order valence-corrected chi connectivity index (χ3v) is 5.68. The highest BCUT2D eigenvalue weighted by Crippen LogP contribution is 2.22. The van der Waals surface area contributed by atoms with Crippen molar-refractivity contribution in [2.75, 3.05) is 13.1 Å². The molecule has 2 N–H and O–H groups in total. The highest BCUT2D eigenvalue weighted by molar-refractivity contribution is 5.91. The van der Waals surface area contributed by atoms with Gasteiger partial charge in [-0.15, -0.1) is 0 Å². The van der Waals surface area contributed by atoms with Gasteiger partial charge in [0.2, 0.25) is 5.89 Å². The summed E-state index contributed by atoms with van der Waals surface area (Å²) in [5, 5.41) is 6.30. The van der Waals surface area contributed by atoms with Crippen LogP contribution in [0.5, 0.6) is 0 Å². The number of hydrogen-bond donors (Lipinski definition) is 2. The number of aromatic nitrogens is 1. The average Bonchev–Trinajstić information content (AvgIpc) is 3.39. The number of carbonyl (C=O) groups is 1. The number of nitrogens with one attached hydrogen (secondary N) is 2. The molecule has 1 unspecified atom stereocenters. The predicted molar refractivity (Wildman–Crippen MR) is 115 cm³/mol. The van der Waals surface area contributed by atoms with Crippen molar-refractivity contribution in [2.45, 2.75) is 109 Å². The zero-order valence-electron chi connectivity index (χ0n) is 17.9. The Labute approximate surface area is 171 Å². The van der Waals surface area contributed by atoms with Gasteiger partial charge in [0, 0.05) is 6.54 Å². The van der Waals surface area contributed by atoms with Crippen LogP contribution in [0.4, 0.5) is 0 Å². The average molecular weight is 392 g/mol. The lowest BCUT2D eigenvalue weighted by molar-refractivity contribution is 0.0948. The second kappa shape index (κ2) is 14.6. The molecule has 0 bridgehead atoms. The van der Waals surface area contributed by atoms with E-state index in [0.29, 0.717) is 11.6 Å². The molecule has 0 spiro atoms. The summed E-state index contributed by atoms with van der Waals surface area (Å²) in [6.07, 6.45) is 21.0. The molecule has 28 heavy (non-hydrogen) atoms. The van der Waals surface area contributed by atoms with Crippen LogP contribution in [0, 0.1) is 0 Å². The van der Waals surface area contributed by atoms with Crippen LogP contribution in [0.25, 0.3) is 0 Å². The molecule has 5 nitrogen and oxygen atoms in total. The van der Waals surface area contributed by atoms with Crippen molar-refractivity contribution in [1.29, 1.82) is 0 Å². The van der Waals surface area contributed by atoms with Crippen LogP contribution >= 0.6 is 0 Å². The molecule has 5 heteroatoms. The number of rotatable bonds is 16. The Kier molecular flexibility index (Phi) is 12.0. The molecule has 1 aliphatic heterocycles. The van der Waals surface area contributed by atoms with Crippen LogP contribution in [0.15, 0.2) is 10.7 Å². The molecular weight excluding hydrogens is 350 g/mol. The lowest BCUT2D eigenvalue weighted by atomic mass is 10.0. The van der Waals surface area contributed by atoms with Gasteiger partial charge in [-0.1, -0.05) is 84.0 Å². The second-order valence-corrected chi connectivity index (χ2v) is 8.22. The van der Waals surface area contributed by atoms with Crippen molar-refractivity contribution < 1.29 is 9.21 Å². The van der Waals surface area contributed by atoms with Gasteiger partial charge in [-0.25, -0.2) is 4.98 Å². The Hall–Kier alpha value is -1.36. The number of unbranched alkanes of at least 4 members (excludes halogenated alkanes) is 12. The molecule has 1 aromatic rings. The largest absolute Gasteiger partial charge is 0.446 e. The lowest BCUT2D eigenvalue weighted by Crippen LogP contribution is -2.25. The topological polar surface area (TPSA) is 67.2 Å². The summed E-state index contributed by atoms with van der Waals surface area (Å²) in [4.78, 5) is 16.5. The predicted octanol–water partition coefficient (Wildman–Crippen LogP) is 5.92. The van der Waals surface area contributed by atoms with Gasteiger partial charge in [0.1, 0.15) is 6.26 Å². The van der Waals surface area contributed by atoms with Crippen molar-refractivity contribution in [2.24, 2.45) is 0 Å². The van der Waals surface area contributed by atoms with E-state index in [1.807, 2.05) is 0 Å². The van der Waals surface area contributed by atoms with E-state index < -0.39 is 0 Å². The molecule has 0 aromatic carbocycles. The molecule has 2 heterocycles. The Balaban J connectivity index is 1.39. The Morgan fingerprint density at radius 1 is 1.04 bits per heavy atom. The van der Waals surface area contributed by atoms with Gasteiger partial charge in [0.25, 0.3) is 5.91 Å². The molecule has 0 aliphatic carbocycles. The second-order valence-electron chi connectivity index (χ2n) is 8.22. The summed E-state index contributed by atoms with van der Waals surface area (Å²) < 4.78 is 5.46. The standard InChI is InChI=1S/C23H41N3O2/c1-2-3-4-5-6-7-8-9-10-11-12-13-14-17-25-22(27)21-19-28-23(26-21)20-16-15-18-24-20/h19-20,24H,2-18H2,1H3,(H,25,27). The smallest absolute Gasteiger partial charge is 0.273 e. The van der Waals surface area contributed by atoms with E-state index in [1.165, 1.54) is 83.3 Å². The van der Waals surface area contributed by atoms with Crippen LogP contribution in [-0.4, -0.2) is 24.0 Å². The molecule has 1 amide bonds. The van der Waals surface area contributed by atoms with Crippen LogP contribution in [0.1, 0.15) is 126 Å². The third kappa shape index (κ3) is 9.22. The van der Waals surface area contributed by atoms with Crippen molar-refractivity contribution >= 4 is 5.91 Å². The number of amides is 1. The highest BCUT2D eigenvalue weighted by Gasteiger charge is 2.22. The minimum absolute atomic E-state index is 0.119. The zero-order chi connectivity index (χ0) is 19.9. The van der Waals surface area contributed by atoms with Crippen LogP contribution in [0.3, 0.4) is 0 Å². The fraction of sp³-hybridized carbons (Fsp3) is 0.826. The summed E-state index contributed by atoms with van der Waals surface area (Å²) in [6.45, 7) is 3.99. The lowest BCUT2D eigenvalue weighted by Gasteiger charge is -2.04. The first-order valence-electron chi connectivity index (χ1n) is 11.8. The summed E-state index contributed by atoms with van der Waals surface area (Å²) in [7, 11) is 0. The van der Waals surface area contributed by atoms with Gasteiger partial charge >= 0.3 is 0 Å². The van der Waals surface area contributed by atoms with Crippen molar-refractivity contribution in [3.63, 3.8) is 0 Å². The molecule has 1 saturated heterocycles. The van der Waals surface area contributed by atoms with Crippen molar-refractivity contribution in [3.05, 3.63) is 17.8 Å². The van der Waals surface area contributed by atoms with E-state index in [1.54, 1.807) is 0 Å². The van der Waals surface area contributed by atoms with Gasteiger partial charge in [-0.2, -0.15) is 0 Å². The molecule has 1 atom stereocenters. The maximum atomic E-state index is 12.1. The van der Waals surface area contributed by atoms with Crippen LogP contribution < -0.4 is 10.6 Å². The zero-order valence-corrected chi connectivity index (χ0v) is 17.9. The van der Waals surface area contributed by atoms with Crippen LogP contribution in [-0.2, 0) is 0 Å². The highest BCUT2D eigenvalue weighted by atomic mass is 16.3. The van der Waals surface area contributed by atoms with Gasteiger partial charge in [-0.3, -0.25) is 4.79 Å². The first-order chi connectivity index (χ1) is 13.8. The monoisotopic (exact) mass is 391 g/mol. The first kappa shape index (κ1) is 22.9. The van der Waals surface area contributed by atoms with Gasteiger partial charge < -0.3 is 15.1 Å². The van der Waals surface area contributed by atoms with E-state index in [0.717, 1.165) is 32.4 Å². The fourth-order valence-corrected chi connectivity index (χ4v) is 3.88. The van der Waals surface area contributed by atoms with Gasteiger partial charge in [0.05, 0.1) is 6.04 Å². The molecule has 1 aromatic heterocycles. The summed E-state index contributed by atoms with van der Waals surface area (Å²) in [6, 6.07) is 0.169. The molecule has 1 fully saturated rings. The fourth-order valence-electron chi connectivity index (χ4n) is 3.88. The summed E-state index contributed by atoms with van der Waals surface area (Å²) in [5.41, 5.74) is 0.401. The molecule has 0 saturated carbocycles. The Bertz CT molecular complexity index is 524. The molecule has 0 radical (unpaired) electrons. The van der Waals surface area contributed by atoms with Crippen molar-refractivity contribution in [1.82, 2.24) is 15.6 Å². The maximum Gasteiger partial charge on any atom is 0.273 e. The number of hydrogen-bond acceptors (Lipinski definition) is 4. The van der Waals surface area contributed by atoms with Gasteiger partial charge in [-0.05, 0) is 25.8 Å². The third-order valence-electron chi connectivity index (χ3n) is 5.68. The molecular formula is C23H41N3O2.